The summed E-state index contributed by atoms with van der Waals surface area (Å²) in [7, 11) is 0. The monoisotopic (exact) mass is 365 g/mol. The number of ketones is 1. The van der Waals surface area contributed by atoms with E-state index >= 15 is 0 Å². The number of hydrogen-bond donors (Lipinski definition) is 1. The third-order valence-electron chi connectivity index (χ3n) is 5.21. The fourth-order valence-corrected chi connectivity index (χ4v) is 4.90. The Balaban J connectivity index is 1.89. The van der Waals surface area contributed by atoms with Crippen LogP contribution in [-0.2, 0) is 4.79 Å². The number of allylic oxidation sites excluding steroid dienone is 1. The van der Waals surface area contributed by atoms with E-state index in [2.05, 4.69) is 17.5 Å². The van der Waals surface area contributed by atoms with Gasteiger partial charge in [-0.3, -0.25) is 9.59 Å². The van der Waals surface area contributed by atoms with Crippen LogP contribution in [0.15, 0.2) is 40.9 Å². The molecule has 1 aliphatic carbocycles. The Morgan fingerprint density at radius 1 is 1.19 bits per heavy atom. The van der Waals surface area contributed by atoms with Crippen LogP contribution in [0.2, 0.25) is 0 Å². The third-order valence-corrected chi connectivity index (χ3v) is 6.21. The van der Waals surface area contributed by atoms with Gasteiger partial charge in [-0.2, -0.15) is 10.5 Å². The van der Waals surface area contributed by atoms with E-state index in [1.807, 2.05) is 6.07 Å². The quantitative estimate of drug-likeness (QED) is 0.824. The van der Waals surface area contributed by atoms with Crippen molar-refractivity contribution < 1.29 is 9.59 Å². The molecule has 3 rings (SSSR count). The zero-order valence-corrected chi connectivity index (χ0v) is 15.1. The van der Waals surface area contributed by atoms with Crippen LogP contribution < -0.4 is 5.32 Å². The molecule has 1 spiro atoms. The summed E-state index contributed by atoms with van der Waals surface area (Å²) >= 11 is 1.18. The van der Waals surface area contributed by atoms with Crippen LogP contribution in [0, 0.1) is 34.0 Å². The molecule has 1 atom stereocenters. The zero-order chi connectivity index (χ0) is 18.6. The Hall–Kier alpha value is -2.57. The number of nitrogens with zero attached hydrogens (tertiary/aromatic N) is 2. The molecule has 0 bridgehead atoms. The van der Waals surface area contributed by atoms with Crippen molar-refractivity contribution in [3.8, 4) is 12.1 Å². The largest absolute Gasteiger partial charge is 0.319 e. The van der Waals surface area contributed by atoms with E-state index in [0.29, 0.717) is 29.0 Å². The molecule has 1 amide bonds. The molecule has 1 saturated carbocycles. The molecule has 0 radical (unpaired) electrons. The summed E-state index contributed by atoms with van der Waals surface area (Å²) in [5, 5.41) is 22.5. The van der Waals surface area contributed by atoms with Crippen LogP contribution in [0.5, 0.6) is 0 Å². The van der Waals surface area contributed by atoms with Crippen LogP contribution in [-0.4, -0.2) is 17.4 Å². The molecule has 1 fully saturated rings. The molecule has 132 valence electrons. The maximum Gasteiger partial charge on any atom is 0.243 e. The number of carbonyl (C=O) groups excluding carboxylic acids is 2. The predicted molar refractivity (Wildman–Crippen MR) is 98.6 cm³/mol. The Morgan fingerprint density at radius 3 is 2.50 bits per heavy atom. The van der Waals surface area contributed by atoms with Gasteiger partial charge < -0.3 is 5.32 Å². The van der Waals surface area contributed by atoms with Crippen molar-refractivity contribution in [1.82, 2.24) is 5.32 Å². The average Bonchev–Trinajstić information content (AvgIpc) is 2.67. The van der Waals surface area contributed by atoms with Crippen molar-refractivity contribution in [1.29, 1.82) is 10.5 Å². The highest BCUT2D eigenvalue weighted by molar-refractivity contribution is 8.03. The predicted octanol–water partition coefficient (Wildman–Crippen LogP) is 3.56. The summed E-state index contributed by atoms with van der Waals surface area (Å²) in [6.45, 7) is 0. The van der Waals surface area contributed by atoms with Gasteiger partial charge in [-0.25, -0.2) is 0 Å². The van der Waals surface area contributed by atoms with E-state index in [1.165, 1.54) is 11.8 Å². The summed E-state index contributed by atoms with van der Waals surface area (Å²) in [6.07, 6.45) is 4.18. The van der Waals surface area contributed by atoms with Gasteiger partial charge in [-0.1, -0.05) is 61.4 Å². The summed E-state index contributed by atoms with van der Waals surface area (Å²) in [4.78, 5) is 24.9. The number of thioether (sulfide) groups is 1. The molecular weight excluding hydrogens is 346 g/mol. The van der Waals surface area contributed by atoms with Crippen LogP contribution in [0.1, 0.15) is 42.5 Å². The van der Waals surface area contributed by atoms with E-state index < -0.39 is 11.3 Å². The van der Waals surface area contributed by atoms with Gasteiger partial charge in [0.2, 0.25) is 5.91 Å². The first kappa shape index (κ1) is 18.2. The zero-order valence-electron chi connectivity index (χ0n) is 14.3. The van der Waals surface area contributed by atoms with Gasteiger partial charge >= 0.3 is 0 Å². The van der Waals surface area contributed by atoms with Crippen molar-refractivity contribution in [3.05, 3.63) is 46.5 Å². The van der Waals surface area contributed by atoms with Crippen molar-refractivity contribution >= 4 is 23.5 Å². The number of carbonyl (C=O) groups is 2. The van der Waals surface area contributed by atoms with Crippen LogP contribution in [0.4, 0.5) is 0 Å². The molecule has 5 nitrogen and oxygen atoms in total. The molecule has 1 N–H and O–H groups in total. The highest BCUT2D eigenvalue weighted by atomic mass is 32.2. The number of Topliss-reactive ketones (excluding diaryl/α,β-unsaturated/α-hetero) is 1. The maximum absolute atomic E-state index is 12.5. The van der Waals surface area contributed by atoms with Crippen molar-refractivity contribution in [2.24, 2.45) is 11.3 Å². The smallest absolute Gasteiger partial charge is 0.243 e. The van der Waals surface area contributed by atoms with Gasteiger partial charge in [0.1, 0.15) is 5.92 Å². The standard InChI is InChI=1S/C20H19N3O2S/c21-11-15-18(25)23-19(16(12-22)20(15)9-5-2-6-10-20)26-13-17(24)14-7-3-1-4-8-14/h1,3-4,7-8,15H,2,5-6,9-10,13H2,(H,23,25)/t15-/m1/s1. The lowest BCUT2D eigenvalue weighted by Gasteiger charge is -2.43. The topological polar surface area (TPSA) is 93.8 Å². The van der Waals surface area contributed by atoms with E-state index in [-0.39, 0.29) is 17.4 Å². The van der Waals surface area contributed by atoms with E-state index in [1.54, 1.807) is 24.3 Å². The number of hydrogen-bond acceptors (Lipinski definition) is 5. The Morgan fingerprint density at radius 2 is 1.88 bits per heavy atom. The Kier molecular flexibility index (Phi) is 5.44. The molecule has 2 aliphatic rings. The van der Waals surface area contributed by atoms with Gasteiger partial charge in [-0.05, 0) is 12.8 Å². The second-order valence-corrected chi connectivity index (χ2v) is 7.65. The number of benzene rings is 1. The SMILES string of the molecule is N#CC1=C(SCC(=O)c2ccccc2)NC(=O)[C@@H](C#N)C12CCCCC2. The second kappa shape index (κ2) is 7.76. The normalized spacial score (nSPS) is 21.6. The van der Waals surface area contributed by atoms with E-state index in [0.717, 1.165) is 19.3 Å². The molecule has 1 heterocycles. The Bertz CT molecular complexity index is 827. The molecule has 1 aromatic carbocycles. The minimum atomic E-state index is -0.841. The number of rotatable bonds is 4. The summed E-state index contributed by atoms with van der Waals surface area (Å²) in [6, 6.07) is 13.3. The van der Waals surface area contributed by atoms with Gasteiger partial charge in [0.25, 0.3) is 0 Å². The highest BCUT2D eigenvalue weighted by Gasteiger charge is 2.51. The number of nitriles is 2. The fraction of sp³-hybridized carbons (Fsp3) is 0.400. The van der Waals surface area contributed by atoms with Crippen molar-refractivity contribution in [3.63, 3.8) is 0 Å². The third kappa shape index (κ3) is 3.25. The molecule has 26 heavy (non-hydrogen) atoms. The first-order valence-corrected chi connectivity index (χ1v) is 9.67. The minimum Gasteiger partial charge on any atom is -0.319 e. The first-order valence-electron chi connectivity index (χ1n) is 8.69. The molecule has 0 aromatic heterocycles. The summed E-state index contributed by atoms with van der Waals surface area (Å²) < 4.78 is 0. The Labute approximate surface area is 157 Å². The van der Waals surface area contributed by atoms with Crippen LogP contribution in [0.3, 0.4) is 0 Å². The number of amides is 1. The van der Waals surface area contributed by atoms with Crippen LogP contribution in [0.25, 0.3) is 0 Å². The van der Waals surface area contributed by atoms with Crippen molar-refractivity contribution in [2.45, 2.75) is 32.1 Å². The van der Waals surface area contributed by atoms with Gasteiger partial charge in [-0.15, -0.1) is 0 Å². The van der Waals surface area contributed by atoms with E-state index in [4.69, 9.17) is 0 Å². The van der Waals surface area contributed by atoms with E-state index in [9.17, 15) is 20.1 Å². The molecule has 0 saturated heterocycles. The fourth-order valence-electron chi connectivity index (χ4n) is 3.89. The number of nitrogens with one attached hydrogen (secondary N) is 1. The average molecular weight is 365 g/mol. The lowest BCUT2D eigenvalue weighted by Crippen LogP contribution is -2.48. The van der Waals surface area contributed by atoms with Gasteiger partial charge in [0, 0.05) is 11.0 Å². The molecular formula is C20H19N3O2S. The second-order valence-electron chi connectivity index (χ2n) is 6.66. The van der Waals surface area contributed by atoms with Gasteiger partial charge in [0.15, 0.2) is 5.78 Å². The molecule has 1 aromatic rings. The van der Waals surface area contributed by atoms with Gasteiger partial charge in [0.05, 0.1) is 28.5 Å². The summed E-state index contributed by atoms with van der Waals surface area (Å²) in [5.41, 5.74) is 0.361. The molecule has 0 unspecified atom stereocenters. The first-order chi connectivity index (χ1) is 12.6. The lowest BCUT2D eigenvalue weighted by atomic mass is 9.61. The molecule has 6 heteroatoms. The maximum atomic E-state index is 12.5. The van der Waals surface area contributed by atoms with Crippen molar-refractivity contribution in [2.75, 3.05) is 5.75 Å². The lowest BCUT2D eigenvalue weighted by molar-refractivity contribution is -0.126. The molecule has 1 aliphatic heterocycles. The minimum absolute atomic E-state index is 0.0604. The highest BCUT2D eigenvalue weighted by Crippen LogP contribution is 2.51. The summed E-state index contributed by atoms with van der Waals surface area (Å²) in [5.74, 6) is -1.12. The van der Waals surface area contributed by atoms with Crippen LogP contribution >= 0.6 is 11.8 Å².